The summed E-state index contributed by atoms with van der Waals surface area (Å²) in [5, 5.41) is 4.19. The van der Waals surface area contributed by atoms with Crippen LogP contribution in [0.1, 0.15) is 15.2 Å². The summed E-state index contributed by atoms with van der Waals surface area (Å²) in [6, 6.07) is 12.9. The summed E-state index contributed by atoms with van der Waals surface area (Å²) >= 11 is 1.43. The zero-order valence-electron chi connectivity index (χ0n) is 17.6. The van der Waals surface area contributed by atoms with E-state index in [1.165, 1.54) is 11.3 Å². The lowest BCUT2D eigenvalue weighted by Gasteiger charge is -2.15. The molecule has 158 valence electrons. The van der Waals surface area contributed by atoms with Gasteiger partial charge in [0.05, 0.1) is 38.1 Å². The molecule has 4 rings (SSSR count). The quantitative estimate of drug-likeness (QED) is 0.462. The van der Waals surface area contributed by atoms with E-state index < -0.39 is 0 Å². The first-order valence-corrected chi connectivity index (χ1v) is 10.3. The lowest BCUT2D eigenvalue weighted by molar-refractivity contribution is 0.102. The highest BCUT2D eigenvalue weighted by Crippen LogP contribution is 2.41. The molecule has 0 saturated carbocycles. The van der Waals surface area contributed by atoms with Crippen molar-refractivity contribution in [3.05, 3.63) is 59.1 Å². The number of para-hydroxylation sites is 1. The average Bonchev–Trinajstić information content (AvgIpc) is 3.21. The van der Waals surface area contributed by atoms with Gasteiger partial charge in [-0.2, -0.15) is 0 Å². The van der Waals surface area contributed by atoms with E-state index in [4.69, 9.17) is 19.2 Å². The fraction of sp³-hybridized carbons (Fsp3) is 0.174. The Morgan fingerprint density at radius 2 is 1.71 bits per heavy atom. The van der Waals surface area contributed by atoms with Gasteiger partial charge in [0.15, 0.2) is 16.6 Å². The Morgan fingerprint density at radius 1 is 1.00 bits per heavy atom. The third-order valence-electron chi connectivity index (χ3n) is 4.76. The molecule has 2 aromatic carbocycles. The van der Waals surface area contributed by atoms with E-state index in [1.807, 2.05) is 43.3 Å². The summed E-state index contributed by atoms with van der Waals surface area (Å²) in [6.45, 7) is 1.94. The summed E-state index contributed by atoms with van der Waals surface area (Å²) < 4.78 is 16.3. The van der Waals surface area contributed by atoms with Crippen molar-refractivity contribution in [1.82, 2.24) is 9.97 Å². The molecule has 1 N–H and O–H groups in total. The Labute approximate surface area is 183 Å². The molecule has 0 fully saturated rings. The number of aromatic nitrogens is 2. The van der Waals surface area contributed by atoms with Gasteiger partial charge in [-0.15, -0.1) is 11.3 Å². The molecule has 4 aromatic rings. The highest BCUT2D eigenvalue weighted by atomic mass is 32.1. The summed E-state index contributed by atoms with van der Waals surface area (Å²) in [5.41, 5.74) is 2.55. The molecule has 31 heavy (non-hydrogen) atoms. The number of nitrogens with zero attached hydrogens (tertiary/aromatic N) is 2. The fourth-order valence-corrected chi connectivity index (χ4v) is 3.98. The van der Waals surface area contributed by atoms with Gasteiger partial charge in [0, 0.05) is 22.0 Å². The molecule has 0 spiro atoms. The lowest BCUT2D eigenvalue weighted by Crippen LogP contribution is -2.13. The van der Waals surface area contributed by atoms with Gasteiger partial charge >= 0.3 is 0 Å². The Kier molecular flexibility index (Phi) is 5.73. The number of ether oxygens (including phenoxy) is 3. The molecule has 8 heteroatoms. The smallest absolute Gasteiger partial charge is 0.258 e. The number of nitrogens with one attached hydrogen (secondary N) is 1. The molecule has 0 aliphatic carbocycles. The number of hydrogen-bond donors (Lipinski definition) is 1. The first kappa shape index (κ1) is 20.6. The van der Waals surface area contributed by atoms with E-state index in [9.17, 15) is 4.79 Å². The summed E-state index contributed by atoms with van der Waals surface area (Å²) in [5.74, 6) is 1.26. The van der Waals surface area contributed by atoms with Crippen LogP contribution in [0.15, 0.2) is 48.7 Å². The molecule has 0 saturated heterocycles. The lowest BCUT2D eigenvalue weighted by atomic mass is 10.0. The number of methoxy groups -OCH3 is 3. The average molecular weight is 436 g/mol. The van der Waals surface area contributed by atoms with Gasteiger partial charge in [0.1, 0.15) is 0 Å². The van der Waals surface area contributed by atoms with E-state index in [2.05, 4.69) is 10.3 Å². The van der Waals surface area contributed by atoms with Crippen LogP contribution in [0.2, 0.25) is 0 Å². The van der Waals surface area contributed by atoms with E-state index >= 15 is 0 Å². The number of rotatable bonds is 6. The molecule has 2 aromatic heterocycles. The van der Waals surface area contributed by atoms with E-state index in [0.717, 1.165) is 15.8 Å². The van der Waals surface area contributed by atoms with Crippen molar-refractivity contribution in [3.8, 4) is 28.5 Å². The molecule has 0 aliphatic rings. The summed E-state index contributed by atoms with van der Waals surface area (Å²) in [6.07, 6.45) is 1.73. The highest BCUT2D eigenvalue weighted by molar-refractivity contribution is 7.15. The molecule has 1 amide bonds. The number of benzene rings is 2. The number of hydrogen-bond acceptors (Lipinski definition) is 7. The first-order valence-electron chi connectivity index (χ1n) is 9.48. The Morgan fingerprint density at radius 3 is 2.32 bits per heavy atom. The molecular weight excluding hydrogens is 414 g/mol. The van der Waals surface area contributed by atoms with Gasteiger partial charge in [0.2, 0.25) is 5.75 Å². The Hall–Kier alpha value is -3.65. The van der Waals surface area contributed by atoms with Crippen LogP contribution in [0.5, 0.6) is 17.2 Å². The van der Waals surface area contributed by atoms with Crippen molar-refractivity contribution in [2.75, 3.05) is 26.6 Å². The van der Waals surface area contributed by atoms with E-state index in [1.54, 1.807) is 33.6 Å². The fourth-order valence-electron chi connectivity index (χ4n) is 3.32. The highest BCUT2D eigenvalue weighted by Gasteiger charge is 2.18. The number of thiazole rings is 1. The van der Waals surface area contributed by atoms with Crippen LogP contribution < -0.4 is 19.5 Å². The van der Waals surface area contributed by atoms with Crippen LogP contribution >= 0.6 is 11.3 Å². The largest absolute Gasteiger partial charge is 0.493 e. The van der Waals surface area contributed by atoms with Crippen molar-refractivity contribution in [1.29, 1.82) is 0 Å². The zero-order valence-corrected chi connectivity index (χ0v) is 18.4. The number of pyridine rings is 1. The van der Waals surface area contributed by atoms with Crippen LogP contribution in [-0.4, -0.2) is 37.2 Å². The van der Waals surface area contributed by atoms with Gasteiger partial charge < -0.3 is 14.2 Å². The van der Waals surface area contributed by atoms with Gasteiger partial charge in [-0.05, 0) is 31.2 Å². The molecule has 0 aliphatic heterocycles. The number of aryl methyl sites for hydroxylation is 1. The minimum absolute atomic E-state index is 0.248. The molecule has 0 bridgehead atoms. The van der Waals surface area contributed by atoms with Crippen LogP contribution in [0, 0.1) is 6.92 Å². The zero-order chi connectivity index (χ0) is 22.0. The number of amides is 1. The molecular formula is C23H21N3O4S. The van der Waals surface area contributed by atoms with Crippen LogP contribution in [0.3, 0.4) is 0 Å². The Balaban J connectivity index is 1.86. The second-order valence-electron chi connectivity index (χ2n) is 6.72. The molecule has 0 atom stereocenters. The van der Waals surface area contributed by atoms with Crippen molar-refractivity contribution >= 4 is 33.3 Å². The minimum Gasteiger partial charge on any atom is -0.493 e. The molecule has 0 radical (unpaired) electrons. The van der Waals surface area contributed by atoms with Gasteiger partial charge in [0.25, 0.3) is 5.91 Å². The van der Waals surface area contributed by atoms with E-state index in [-0.39, 0.29) is 5.91 Å². The maximum Gasteiger partial charge on any atom is 0.258 e. The third kappa shape index (κ3) is 4.02. The second kappa shape index (κ2) is 8.61. The van der Waals surface area contributed by atoms with Crippen LogP contribution in [0.4, 0.5) is 5.13 Å². The summed E-state index contributed by atoms with van der Waals surface area (Å²) in [7, 11) is 4.67. The van der Waals surface area contributed by atoms with E-state index in [0.29, 0.717) is 39.2 Å². The maximum atomic E-state index is 13.1. The van der Waals surface area contributed by atoms with Crippen molar-refractivity contribution in [2.45, 2.75) is 6.92 Å². The monoisotopic (exact) mass is 435 g/mol. The predicted octanol–water partition coefficient (Wildman–Crippen LogP) is 4.94. The van der Waals surface area contributed by atoms with Crippen molar-refractivity contribution in [3.63, 3.8) is 0 Å². The predicted molar refractivity (Wildman–Crippen MR) is 122 cm³/mol. The Bertz CT molecular complexity index is 1240. The maximum absolute atomic E-state index is 13.1. The number of fused-ring (bicyclic) bond motifs is 1. The number of carbonyl (C=O) groups excluding carboxylic acids is 1. The summed E-state index contributed by atoms with van der Waals surface area (Å²) in [4.78, 5) is 23.1. The van der Waals surface area contributed by atoms with Crippen molar-refractivity contribution < 1.29 is 19.0 Å². The number of anilines is 1. The van der Waals surface area contributed by atoms with Gasteiger partial charge in [-0.1, -0.05) is 18.2 Å². The number of carbonyl (C=O) groups is 1. The standard InChI is InChI=1S/C23H21N3O4S/c1-13-12-24-23(31-13)26-22(27)16-11-18(25-17-8-6-5-7-15(16)17)14-9-19(28-2)21(30-4)20(10-14)29-3/h5-12H,1-4H3,(H,24,26,27). The van der Waals surface area contributed by atoms with Crippen LogP contribution in [0.25, 0.3) is 22.2 Å². The normalized spacial score (nSPS) is 10.7. The van der Waals surface area contributed by atoms with Crippen molar-refractivity contribution in [2.24, 2.45) is 0 Å². The van der Waals surface area contributed by atoms with Gasteiger partial charge in [-0.25, -0.2) is 9.97 Å². The molecule has 2 heterocycles. The van der Waals surface area contributed by atoms with Crippen LogP contribution in [-0.2, 0) is 0 Å². The van der Waals surface area contributed by atoms with Gasteiger partial charge in [-0.3, -0.25) is 10.1 Å². The molecule has 7 nitrogen and oxygen atoms in total. The third-order valence-corrected chi connectivity index (χ3v) is 5.59. The minimum atomic E-state index is -0.248. The second-order valence-corrected chi connectivity index (χ2v) is 7.95. The topological polar surface area (TPSA) is 82.6 Å². The molecule has 0 unspecified atom stereocenters. The SMILES string of the molecule is COc1cc(-c2cc(C(=O)Nc3ncc(C)s3)c3ccccc3n2)cc(OC)c1OC. The first-order chi connectivity index (χ1) is 15.0.